The fourth-order valence-electron chi connectivity index (χ4n) is 5.14. The first-order valence-electron chi connectivity index (χ1n) is 11.2. The quantitative estimate of drug-likeness (QED) is 0.703. The van der Waals surface area contributed by atoms with Gasteiger partial charge >= 0.3 is 0 Å². The van der Waals surface area contributed by atoms with Crippen LogP contribution in [0.2, 0.25) is 0 Å². The van der Waals surface area contributed by atoms with Crippen molar-refractivity contribution in [2.45, 2.75) is 51.1 Å². The lowest BCUT2D eigenvalue weighted by Gasteiger charge is -2.34. The SMILES string of the molecule is COc1ccc(Cc2nc3c4c(ccc3n2C2CCNCC2)N(C)C(C)CC4)cc1. The minimum absolute atomic E-state index is 0.516. The molecule has 0 spiro atoms. The predicted molar refractivity (Wildman–Crippen MR) is 123 cm³/mol. The first kappa shape index (κ1) is 19.4. The van der Waals surface area contributed by atoms with E-state index in [0.717, 1.165) is 44.5 Å². The molecule has 5 rings (SSSR count). The smallest absolute Gasteiger partial charge is 0.118 e. The van der Waals surface area contributed by atoms with Crippen LogP contribution in [0.5, 0.6) is 5.75 Å². The first-order chi connectivity index (χ1) is 14.7. The molecule has 0 amide bonds. The van der Waals surface area contributed by atoms with Crippen LogP contribution in [0.15, 0.2) is 36.4 Å². The summed E-state index contributed by atoms with van der Waals surface area (Å²) in [5.74, 6) is 2.09. The minimum atomic E-state index is 0.516. The zero-order chi connectivity index (χ0) is 20.7. The Balaban J connectivity index is 1.62. The van der Waals surface area contributed by atoms with Crippen molar-refractivity contribution in [1.82, 2.24) is 14.9 Å². The highest BCUT2D eigenvalue weighted by molar-refractivity contribution is 5.86. The van der Waals surface area contributed by atoms with Crippen molar-refractivity contribution in [3.63, 3.8) is 0 Å². The molecule has 0 saturated carbocycles. The summed E-state index contributed by atoms with van der Waals surface area (Å²) in [6.45, 7) is 4.48. The van der Waals surface area contributed by atoms with E-state index in [-0.39, 0.29) is 0 Å². The number of imidazole rings is 1. The van der Waals surface area contributed by atoms with Gasteiger partial charge in [0.1, 0.15) is 11.6 Å². The molecule has 2 aliphatic heterocycles. The molecule has 3 heterocycles. The third-order valence-electron chi connectivity index (χ3n) is 7.06. The Bertz CT molecular complexity index is 1030. The van der Waals surface area contributed by atoms with Crippen molar-refractivity contribution >= 4 is 16.7 Å². The van der Waals surface area contributed by atoms with E-state index in [0.29, 0.717) is 12.1 Å². The van der Waals surface area contributed by atoms with Crippen LogP contribution in [0, 0.1) is 0 Å². The van der Waals surface area contributed by atoms with Gasteiger partial charge in [0, 0.05) is 36.8 Å². The van der Waals surface area contributed by atoms with E-state index in [4.69, 9.17) is 9.72 Å². The Labute approximate surface area is 179 Å². The number of nitrogens with zero attached hydrogens (tertiary/aromatic N) is 3. The van der Waals surface area contributed by atoms with Crippen molar-refractivity contribution in [3.05, 3.63) is 53.3 Å². The second-order valence-electron chi connectivity index (χ2n) is 8.83. The molecular formula is C25H32N4O. The number of nitrogens with one attached hydrogen (secondary N) is 1. The van der Waals surface area contributed by atoms with Gasteiger partial charge in [0.05, 0.1) is 18.1 Å². The lowest BCUT2D eigenvalue weighted by molar-refractivity contribution is 0.368. The monoisotopic (exact) mass is 404 g/mol. The lowest BCUT2D eigenvalue weighted by Crippen LogP contribution is -2.33. The van der Waals surface area contributed by atoms with Gasteiger partial charge in [0.15, 0.2) is 0 Å². The molecule has 2 aliphatic rings. The highest BCUT2D eigenvalue weighted by Crippen LogP contribution is 2.37. The summed E-state index contributed by atoms with van der Waals surface area (Å²) in [4.78, 5) is 7.70. The fraction of sp³-hybridized carbons (Fsp3) is 0.480. The van der Waals surface area contributed by atoms with Crippen molar-refractivity contribution in [3.8, 4) is 5.75 Å². The summed E-state index contributed by atoms with van der Waals surface area (Å²) in [6.07, 6.45) is 5.48. The van der Waals surface area contributed by atoms with E-state index in [2.05, 4.69) is 53.0 Å². The van der Waals surface area contributed by atoms with E-state index in [1.165, 1.54) is 40.1 Å². The third kappa shape index (κ3) is 3.35. The van der Waals surface area contributed by atoms with Gasteiger partial charge in [-0.3, -0.25) is 0 Å². The van der Waals surface area contributed by atoms with Crippen molar-refractivity contribution in [2.75, 3.05) is 32.1 Å². The Morgan fingerprint density at radius 1 is 1.07 bits per heavy atom. The molecule has 0 aliphatic carbocycles. The highest BCUT2D eigenvalue weighted by atomic mass is 16.5. The van der Waals surface area contributed by atoms with Crippen LogP contribution in [0.4, 0.5) is 5.69 Å². The topological polar surface area (TPSA) is 42.3 Å². The number of hydrogen-bond acceptors (Lipinski definition) is 4. The summed E-state index contributed by atoms with van der Waals surface area (Å²) < 4.78 is 7.89. The number of methoxy groups -OCH3 is 1. The molecule has 5 heteroatoms. The molecule has 1 atom stereocenters. The number of aryl methyl sites for hydroxylation is 1. The summed E-state index contributed by atoms with van der Waals surface area (Å²) in [6, 6.07) is 14.2. The number of anilines is 1. The summed E-state index contributed by atoms with van der Waals surface area (Å²) in [7, 11) is 3.93. The second kappa shape index (κ2) is 7.95. The number of piperidine rings is 1. The van der Waals surface area contributed by atoms with Crippen LogP contribution in [0.25, 0.3) is 11.0 Å². The molecule has 30 heavy (non-hydrogen) atoms. The molecule has 1 N–H and O–H groups in total. The molecule has 1 unspecified atom stereocenters. The van der Waals surface area contributed by atoms with Crippen molar-refractivity contribution in [2.24, 2.45) is 0 Å². The normalized spacial score (nSPS) is 19.8. The van der Waals surface area contributed by atoms with Crippen LogP contribution < -0.4 is 15.0 Å². The lowest BCUT2D eigenvalue weighted by atomic mass is 9.96. The number of rotatable bonds is 4. The van der Waals surface area contributed by atoms with Crippen molar-refractivity contribution in [1.29, 1.82) is 0 Å². The molecule has 0 radical (unpaired) electrons. The Morgan fingerprint density at radius 3 is 2.57 bits per heavy atom. The van der Waals surface area contributed by atoms with E-state index in [1.54, 1.807) is 7.11 Å². The fourth-order valence-corrected chi connectivity index (χ4v) is 5.14. The predicted octanol–water partition coefficient (Wildman–Crippen LogP) is 4.33. The van der Waals surface area contributed by atoms with E-state index in [9.17, 15) is 0 Å². The zero-order valence-electron chi connectivity index (χ0n) is 18.3. The van der Waals surface area contributed by atoms with E-state index in [1.807, 2.05) is 12.1 Å². The van der Waals surface area contributed by atoms with Crippen LogP contribution in [0.1, 0.15) is 49.2 Å². The molecule has 1 saturated heterocycles. The average Bonchev–Trinajstić information content (AvgIpc) is 3.15. The maximum atomic E-state index is 5.33. The number of ether oxygens (including phenoxy) is 1. The van der Waals surface area contributed by atoms with E-state index >= 15 is 0 Å². The first-order valence-corrected chi connectivity index (χ1v) is 11.2. The van der Waals surface area contributed by atoms with Gasteiger partial charge in [0.2, 0.25) is 0 Å². The molecule has 2 aromatic carbocycles. The molecular weight excluding hydrogens is 372 g/mol. The average molecular weight is 405 g/mol. The summed E-state index contributed by atoms with van der Waals surface area (Å²) >= 11 is 0. The molecule has 1 aromatic heterocycles. The molecule has 1 fully saturated rings. The van der Waals surface area contributed by atoms with Crippen molar-refractivity contribution < 1.29 is 4.74 Å². The summed E-state index contributed by atoms with van der Waals surface area (Å²) in [5.41, 5.74) is 6.59. The van der Waals surface area contributed by atoms with E-state index < -0.39 is 0 Å². The maximum absolute atomic E-state index is 5.33. The minimum Gasteiger partial charge on any atom is -0.497 e. The largest absolute Gasteiger partial charge is 0.497 e. The number of hydrogen-bond donors (Lipinski definition) is 1. The van der Waals surface area contributed by atoms with Crippen LogP contribution in [0.3, 0.4) is 0 Å². The summed E-state index contributed by atoms with van der Waals surface area (Å²) in [5, 5.41) is 3.51. The van der Waals surface area contributed by atoms with Gasteiger partial charge in [-0.2, -0.15) is 0 Å². The van der Waals surface area contributed by atoms with Gasteiger partial charge in [-0.05, 0) is 75.5 Å². The molecule has 5 nitrogen and oxygen atoms in total. The Morgan fingerprint density at radius 2 is 1.83 bits per heavy atom. The van der Waals surface area contributed by atoms with Crippen LogP contribution in [-0.2, 0) is 12.8 Å². The molecule has 158 valence electrons. The second-order valence-corrected chi connectivity index (χ2v) is 8.83. The van der Waals surface area contributed by atoms with Gasteiger partial charge in [-0.25, -0.2) is 4.98 Å². The van der Waals surface area contributed by atoms with Gasteiger partial charge in [0.25, 0.3) is 0 Å². The highest BCUT2D eigenvalue weighted by Gasteiger charge is 2.27. The number of benzene rings is 2. The van der Waals surface area contributed by atoms with Crippen LogP contribution >= 0.6 is 0 Å². The maximum Gasteiger partial charge on any atom is 0.118 e. The number of aromatic nitrogens is 2. The number of fused-ring (bicyclic) bond motifs is 3. The molecule has 3 aromatic rings. The third-order valence-corrected chi connectivity index (χ3v) is 7.06. The Kier molecular flexibility index (Phi) is 5.15. The Hall–Kier alpha value is -2.53. The standard InChI is InChI=1S/C25H32N4O/c1-17-4-9-21-22(28(17)2)10-11-23-25(21)27-24(29(23)19-12-14-26-15-13-19)16-18-5-7-20(30-3)8-6-18/h5-8,10-11,17,19,26H,4,9,12-16H2,1-3H3. The zero-order valence-corrected chi connectivity index (χ0v) is 18.3. The molecule has 0 bridgehead atoms. The van der Waals surface area contributed by atoms with Crippen LogP contribution in [-0.4, -0.2) is 42.8 Å². The van der Waals surface area contributed by atoms with Gasteiger partial charge < -0.3 is 19.5 Å². The van der Waals surface area contributed by atoms with Gasteiger partial charge in [-0.1, -0.05) is 12.1 Å². The van der Waals surface area contributed by atoms with Gasteiger partial charge in [-0.15, -0.1) is 0 Å².